The predicted molar refractivity (Wildman–Crippen MR) is 106 cm³/mol. The van der Waals surface area contributed by atoms with E-state index in [1.54, 1.807) is 7.05 Å². The topological polar surface area (TPSA) is 41.6 Å². The van der Waals surface area contributed by atoms with E-state index >= 15 is 0 Å². The average molecular weight is 357 g/mol. The van der Waals surface area contributed by atoms with Gasteiger partial charge in [-0.2, -0.15) is 0 Å². The number of likely N-dealkylation sites (tertiary alicyclic amines) is 1. The molecule has 0 saturated carbocycles. The zero-order chi connectivity index (χ0) is 18.0. The van der Waals surface area contributed by atoms with Crippen molar-refractivity contribution in [1.29, 1.82) is 0 Å². The second kappa shape index (κ2) is 7.53. The molecule has 2 fully saturated rings. The van der Waals surface area contributed by atoms with Gasteiger partial charge in [0.05, 0.1) is 0 Å². The summed E-state index contributed by atoms with van der Waals surface area (Å²) in [4.78, 5) is 15.0. The third-order valence-corrected chi connectivity index (χ3v) is 6.59. The maximum absolute atomic E-state index is 12.3. The van der Waals surface area contributed by atoms with Crippen LogP contribution in [0.3, 0.4) is 0 Å². The lowest BCUT2D eigenvalue weighted by atomic mass is 9.74. The molecule has 1 aliphatic carbocycles. The Morgan fingerprint density at radius 2 is 2.00 bits per heavy atom. The number of rotatable bonds is 4. The SMILES string of the molecule is CNC(=O)C1=CC2(CCN(CCC3CCOCC3)CC2)c2ccccc21.[HH]. The lowest BCUT2D eigenvalue weighted by Crippen LogP contribution is -2.41. The highest BCUT2D eigenvalue weighted by Gasteiger charge is 2.41. The molecule has 1 aromatic rings. The van der Waals surface area contributed by atoms with Gasteiger partial charge in [0.2, 0.25) is 0 Å². The molecular formula is C22H32N2O2. The van der Waals surface area contributed by atoms with Gasteiger partial charge in [-0.05, 0) is 68.8 Å². The Morgan fingerprint density at radius 1 is 1.27 bits per heavy atom. The van der Waals surface area contributed by atoms with E-state index in [1.165, 1.54) is 31.4 Å². The molecule has 0 bridgehead atoms. The smallest absolute Gasteiger partial charge is 0.251 e. The molecule has 0 atom stereocenters. The molecule has 26 heavy (non-hydrogen) atoms. The van der Waals surface area contributed by atoms with E-state index in [2.05, 4.69) is 34.5 Å². The number of carbonyl (C=O) groups is 1. The first-order valence-electron chi connectivity index (χ1n) is 10.1. The van der Waals surface area contributed by atoms with E-state index in [1.807, 2.05) is 6.07 Å². The van der Waals surface area contributed by atoms with Crippen molar-refractivity contribution in [3.05, 3.63) is 41.5 Å². The number of piperidine rings is 1. The van der Waals surface area contributed by atoms with Crippen molar-refractivity contribution < 1.29 is 11.0 Å². The highest BCUT2D eigenvalue weighted by atomic mass is 16.5. The number of amides is 1. The number of hydrogen-bond donors (Lipinski definition) is 1. The van der Waals surface area contributed by atoms with Crippen LogP contribution in [-0.4, -0.2) is 50.7 Å². The summed E-state index contributed by atoms with van der Waals surface area (Å²) in [5.74, 6) is 0.878. The Kier molecular flexibility index (Phi) is 5.14. The summed E-state index contributed by atoms with van der Waals surface area (Å²) in [6.07, 6.45) is 8.22. The second-order valence-electron chi connectivity index (χ2n) is 8.02. The summed E-state index contributed by atoms with van der Waals surface area (Å²) in [6.45, 7) is 5.33. The molecule has 0 radical (unpaired) electrons. The minimum atomic E-state index is 0. The summed E-state index contributed by atoms with van der Waals surface area (Å²) < 4.78 is 5.47. The van der Waals surface area contributed by atoms with Crippen molar-refractivity contribution in [2.75, 3.05) is 39.9 Å². The Balaban J connectivity index is 0.00000210. The molecular weight excluding hydrogens is 324 g/mol. The van der Waals surface area contributed by atoms with E-state index in [9.17, 15) is 4.79 Å². The molecule has 4 heteroatoms. The van der Waals surface area contributed by atoms with Crippen molar-refractivity contribution in [2.24, 2.45) is 5.92 Å². The van der Waals surface area contributed by atoms with E-state index in [4.69, 9.17) is 4.74 Å². The van der Waals surface area contributed by atoms with E-state index in [0.717, 1.165) is 56.2 Å². The molecule has 0 aromatic heterocycles. The lowest BCUT2D eigenvalue weighted by molar-refractivity contribution is -0.115. The van der Waals surface area contributed by atoms with Gasteiger partial charge in [0.1, 0.15) is 0 Å². The fraction of sp³-hybridized carbons (Fsp3) is 0.591. The summed E-state index contributed by atoms with van der Waals surface area (Å²) >= 11 is 0. The number of likely N-dealkylation sites (N-methyl/N-ethyl adjacent to an activating group) is 1. The Hall–Kier alpha value is -1.65. The van der Waals surface area contributed by atoms with Crippen LogP contribution in [0, 0.1) is 5.92 Å². The molecule has 1 amide bonds. The first kappa shape index (κ1) is 17.7. The maximum Gasteiger partial charge on any atom is 0.251 e. The van der Waals surface area contributed by atoms with Crippen LogP contribution in [0.1, 0.15) is 44.7 Å². The number of nitrogens with one attached hydrogen (secondary N) is 1. The van der Waals surface area contributed by atoms with Gasteiger partial charge in [-0.1, -0.05) is 30.3 Å². The third kappa shape index (κ3) is 3.33. The minimum absolute atomic E-state index is 0. The van der Waals surface area contributed by atoms with E-state index in [-0.39, 0.29) is 12.7 Å². The van der Waals surface area contributed by atoms with Gasteiger partial charge in [0, 0.05) is 32.7 Å². The first-order valence-corrected chi connectivity index (χ1v) is 10.1. The number of benzene rings is 1. The molecule has 2 saturated heterocycles. The van der Waals surface area contributed by atoms with E-state index in [0.29, 0.717) is 0 Å². The molecule has 0 unspecified atom stereocenters. The monoisotopic (exact) mass is 356 g/mol. The molecule has 1 aromatic carbocycles. The third-order valence-electron chi connectivity index (χ3n) is 6.59. The highest BCUT2D eigenvalue weighted by Crippen LogP contribution is 2.47. The zero-order valence-electron chi connectivity index (χ0n) is 15.8. The van der Waals surface area contributed by atoms with Crippen molar-refractivity contribution in [2.45, 2.75) is 37.5 Å². The molecule has 142 valence electrons. The van der Waals surface area contributed by atoms with Gasteiger partial charge in [-0.3, -0.25) is 4.79 Å². The van der Waals surface area contributed by atoms with Gasteiger partial charge >= 0.3 is 0 Å². The second-order valence-corrected chi connectivity index (χ2v) is 8.02. The molecule has 4 nitrogen and oxygen atoms in total. The van der Waals surface area contributed by atoms with Crippen LogP contribution in [0.5, 0.6) is 0 Å². The number of hydrogen-bond acceptors (Lipinski definition) is 3. The van der Waals surface area contributed by atoms with Gasteiger partial charge in [0.15, 0.2) is 0 Å². The van der Waals surface area contributed by atoms with Crippen LogP contribution in [0.15, 0.2) is 30.3 Å². The molecule has 3 aliphatic rings. The maximum atomic E-state index is 12.3. The standard InChI is InChI=1S/C22H30N2O2.H2/c1-23-21(25)19-16-22(20-5-3-2-4-18(19)20)9-12-24(13-10-22)11-6-17-7-14-26-15-8-17;/h2-5,16-17H,6-15H2,1H3,(H,23,25);1H. The molecule has 2 heterocycles. The van der Waals surface area contributed by atoms with Gasteiger partial charge in [0.25, 0.3) is 5.91 Å². The van der Waals surface area contributed by atoms with Gasteiger partial charge in [-0.15, -0.1) is 0 Å². The Labute approximate surface area is 158 Å². The summed E-state index contributed by atoms with van der Waals surface area (Å²) in [6, 6.07) is 8.47. The van der Waals surface area contributed by atoms with E-state index < -0.39 is 0 Å². The summed E-state index contributed by atoms with van der Waals surface area (Å²) in [7, 11) is 1.72. The summed E-state index contributed by atoms with van der Waals surface area (Å²) in [5.41, 5.74) is 3.39. The highest BCUT2D eigenvalue weighted by molar-refractivity contribution is 6.21. The summed E-state index contributed by atoms with van der Waals surface area (Å²) in [5, 5.41) is 2.81. The lowest BCUT2D eigenvalue weighted by Gasteiger charge is -2.39. The fourth-order valence-corrected chi connectivity index (χ4v) is 4.90. The number of nitrogens with zero attached hydrogens (tertiary/aromatic N) is 1. The molecule has 1 spiro atoms. The molecule has 1 N–H and O–H groups in total. The molecule has 4 rings (SSSR count). The van der Waals surface area contributed by atoms with Crippen LogP contribution in [0.2, 0.25) is 0 Å². The first-order chi connectivity index (χ1) is 12.7. The number of allylic oxidation sites excluding steroid dienone is 1. The average Bonchev–Trinajstić information content (AvgIpc) is 3.02. The Morgan fingerprint density at radius 3 is 2.73 bits per heavy atom. The van der Waals surface area contributed by atoms with Crippen molar-refractivity contribution >= 4 is 11.5 Å². The zero-order valence-corrected chi connectivity index (χ0v) is 15.8. The van der Waals surface area contributed by atoms with Crippen molar-refractivity contribution in [3.8, 4) is 0 Å². The van der Waals surface area contributed by atoms with Gasteiger partial charge in [-0.25, -0.2) is 0 Å². The van der Waals surface area contributed by atoms with Gasteiger partial charge < -0.3 is 15.0 Å². The molecule has 2 aliphatic heterocycles. The van der Waals surface area contributed by atoms with Crippen LogP contribution < -0.4 is 5.32 Å². The van der Waals surface area contributed by atoms with Crippen LogP contribution in [-0.2, 0) is 14.9 Å². The Bertz CT molecular complexity index is 689. The van der Waals surface area contributed by atoms with Crippen molar-refractivity contribution in [1.82, 2.24) is 10.2 Å². The van der Waals surface area contributed by atoms with Crippen LogP contribution in [0.4, 0.5) is 0 Å². The number of fused-ring (bicyclic) bond motifs is 2. The quantitative estimate of drug-likeness (QED) is 0.901. The van der Waals surface area contributed by atoms with Crippen LogP contribution in [0.25, 0.3) is 5.57 Å². The predicted octanol–water partition coefficient (Wildman–Crippen LogP) is 3.23. The number of carbonyl (C=O) groups excluding carboxylic acids is 1. The fourth-order valence-electron chi connectivity index (χ4n) is 4.90. The number of ether oxygens (including phenoxy) is 1. The largest absolute Gasteiger partial charge is 0.381 e. The van der Waals surface area contributed by atoms with Crippen LogP contribution >= 0.6 is 0 Å². The minimum Gasteiger partial charge on any atom is -0.381 e. The normalized spacial score (nSPS) is 22.9. The van der Waals surface area contributed by atoms with Crippen molar-refractivity contribution in [3.63, 3.8) is 0 Å².